The van der Waals surface area contributed by atoms with Crippen molar-refractivity contribution in [1.29, 1.82) is 0 Å². The summed E-state index contributed by atoms with van der Waals surface area (Å²) in [6.45, 7) is 0. The number of hydrogen-bond donors (Lipinski definition) is 2. The molecule has 0 spiro atoms. The minimum atomic E-state index is -0.533. The minimum absolute atomic E-state index is 0.533. The summed E-state index contributed by atoms with van der Waals surface area (Å²) < 4.78 is 0. The Kier molecular flexibility index (Phi) is 4.05. The molecule has 2 rings (SSSR count). The fourth-order valence-corrected chi connectivity index (χ4v) is 2.64. The molecule has 2 aromatic rings. The minimum Gasteiger partial charge on any atom is -0.398 e. The second kappa shape index (κ2) is 5.54. The van der Waals surface area contributed by atoms with Gasteiger partial charge in [-0.05, 0) is 36.4 Å². The lowest BCUT2D eigenvalue weighted by atomic mass is 10.0. The van der Waals surface area contributed by atoms with Gasteiger partial charge in [-0.2, -0.15) is 0 Å². The van der Waals surface area contributed by atoms with Gasteiger partial charge in [0.2, 0.25) is 0 Å². The summed E-state index contributed by atoms with van der Waals surface area (Å²) in [6, 6.07) is 9.30. The van der Waals surface area contributed by atoms with Gasteiger partial charge in [0.05, 0.1) is 6.10 Å². The number of halogens is 1. The van der Waals surface area contributed by atoms with Gasteiger partial charge in [0.15, 0.2) is 0 Å². The van der Waals surface area contributed by atoms with Gasteiger partial charge >= 0.3 is 0 Å². The summed E-state index contributed by atoms with van der Waals surface area (Å²) in [5.74, 6) is 0. The summed E-state index contributed by atoms with van der Waals surface area (Å²) in [4.78, 5) is 1.27. The summed E-state index contributed by atoms with van der Waals surface area (Å²) in [5.41, 5.74) is 7.14. The van der Waals surface area contributed by atoms with Crippen molar-refractivity contribution in [2.75, 3.05) is 5.73 Å². The molecule has 0 aliphatic heterocycles. The smallest absolute Gasteiger partial charge is 0.0813 e. The third-order valence-corrected chi connectivity index (χ3v) is 3.82. The summed E-state index contributed by atoms with van der Waals surface area (Å²) >= 11 is 7.52. The highest BCUT2D eigenvalue weighted by atomic mass is 35.5. The third kappa shape index (κ3) is 3.22. The van der Waals surface area contributed by atoms with Gasteiger partial charge in [-0.25, -0.2) is 0 Å². The first-order valence-corrected chi connectivity index (χ1v) is 6.68. The molecule has 3 N–H and O–H groups in total. The average Bonchev–Trinajstić information content (AvgIpc) is 2.78. The summed E-state index contributed by atoms with van der Waals surface area (Å²) in [7, 11) is 0. The maximum atomic E-state index is 10.1. The Bertz CT molecular complexity index is 484. The van der Waals surface area contributed by atoms with Crippen LogP contribution in [0.2, 0.25) is 5.02 Å². The second-order valence-electron chi connectivity index (χ2n) is 3.91. The van der Waals surface area contributed by atoms with Crippen molar-refractivity contribution < 1.29 is 5.11 Å². The van der Waals surface area contributed by atoms with Crippen molar-refractivity contribution in [3.63, 3.8) is 0 Å². The van der Waals surface area contributed by atoms with Crippen LogP contribution in [0, 0.1) is 0 Å². The Hall–Kier alpha value is -1.03. The maximum absolute atomic E-state index is 10.1. The summed E-state index contributed by atoms with van der Waals surface area (Å²) in [6.07, 6.45) is 1.00. The van der Waals surface area contributed by atoms with E-state index in [1.807, 2.05) is 11.4 Å². The van der Waals surface area contributed by atoms with Crippen molar-refractivity contribution in [3.05, 3.63) is 51.2 Å². The Morgan fingerprint density at radius 3 is 2.82 bits per heavy atom. The highest BCUT2D eigenvalue weighted by Gasteiger charge is 2.11. The van der Waals surface area contributed by atoms with E-state index in [0.29, 0.717) is 17.1 Å². The molecule has 0 aliphatic rings. The molecule has 17 heavy (non-hydrogen) atoms. The molecule has 0 radical (unpaired) electrons. The van der Waals surface area contributed by atoms with E-state index < -0.39 is 6.10 Å². The van der Waals surface area contributed by atoms with Crippen LogP contribution in [0.1, 0.15) is 23.0 Å². The maximum Gasteiger partial charge on any atom is 0.0813 e. The molecule has 0 fully saturated rings. The molecule has 90 valence electrons. The van der Waals surface area contributed by atoms with Crippen molar-refractivity contribution >= 4 is 28.6 Å². The molecule has 2 nitrogen and oxygen atoms in total. The van der Waals surface area contributed by atoms with Crippen LogP contribution < -0.4 is 5.73 Å². The van der Waals surface area contributed by atoms with Crippen LogP contribution in [-0.2, 0) is 6.42 Å². The number of aliphatic hydroxyl groups excluding tert-OH is 1. The fraction of sp³-hybridized carbons (Fsp3) is 0.231. The highest BCUT2D eigenvalue weighted by Crippen LogP contribution is 2.27. The van der Waals surface area contributed by atoms with Crippen molar-refractivity contribution in [2.45, 2.75) is 18.9 Å². The van der Waals surface area contributed by atoms with Crippen LogP contribution >= 0.6 is 22.9 Å². The topological polar surface area (TPSA) is 46.2 Å². The van der Waals surface area contributed by atoms with Crippen LogP contribution in [0.4, 0.5) is 5.69 Å². The van der Waals surface area contributed by atoms with Crippen molar-refractivity contribution in [2.24, 2.45) is 0 Å². The van der Waals surface area contributed by atoms with Gasteiger partial charge in [-0.15, -0.1) is 11.3 Å². The van der Waals surface area contributed by atoms with Crippen LogP contribution in [0.25, 0.3) is 0 Å². The number of rotatable bonds is 4. The number of aliphatic hydroxyl groups is 1. The van der Waals surface area contributed by atoms with Gasteiger partial charge in [0.1, 0.15) is 0 Å². The molecule has 0 amide bonds. The van der Waals surface area contributed by atoms with Crippen LogP contribution in [-0.4, -0.2) is 5.11 Å². The number of nitrogen functional groups attached to an aromatic ring is 1. The van der Waals surface area contributed by atoms with Gasteiger partial charge in [-0.3, -0.25) is 0 Å². The van der Waals surface area contributed by atoms with Gasteiger partial charge in [0, 0.05) is 21.2 Å². The normalized spacial score (nSPS) is 12.6. The first kappa shape index (κ1) is 12.4. The number of anilines is 1. The molecular weight excluding hydrogens is 254 g/mol. The van der Waals surface area contributed by atoms with Crippen molar-refractivity contribution in [1.82, 2.24) is 0 Å². The molecule has 1 unspecified atom stereocenters. The predicted molar refractivity (Wildman–Crippen MR) is 73.5 cm³/mol. The van der Waals surface area contributed by atoms with E-state index >= 15 is 0 Å². The highest BCUT2D eigenvalue weighted by molar-refractivity contribution is 7.09. The van der Waals surface area contributed by atoms with E-state index in [1.54, 1.807) is 29.5 Å². The second-order valence-corrected chi connectivity index (χ2v) is 5.38. The summed E-state index contributed by atoms with van der Waals surface area (Å²) in [5, 5.41) is 12.7. The molecule has 1 heterocycles. The van der Waals surface area contributed by atoms with E-state index in [4.69, 9.17) is 17.3 Å². The number of aryl methyl sites for hydroxylation is 1. The van der Waals surface area contributed by atoms with E-state index in [0.717, 1.165) is 12.0 Å². The first-order valence-electron chi connectivity index (χ1n) is 5.42. The quantitative estimate of drug-likeness (QED) is 0.831. The number of hydrogen-bond acceptors (Lipinski definition) is 3. The van der Waals surface area contributed by atoms with Crippen molar-refractivity contribution in [3.8, 4) is 0 Å². The van der Waals surface area contributed by atoms with E-state index in [1.165, 1.54) is 4.88 Å². The molecule has 1 aromatic carbocycles. The molecule has 0 bridgehead atoms. The molecular formula is C13H14ClNOS. The molecule has 1 aromatic heterocycles. The molecule has 0 saturated heterocycles. The van der Waals surface area contributed by atoms with Gasteiger partial charge in [-0.1, -0.05) is 23.7 Å². The third-order valence-electron chi connectivity index (χ3n) is 2.65. The standard InChI is InChI=1S/C13H14ClNOS/c14-9-3-5-11(12(15)8-9)13(16)6-4-10-2-1-7-17-10/h1-3,5,7-8,13,16H,4,6,15H2. The first-order chi connectivity index (χ1) is 8.16. The molecule has 4 heteroatoms. The lowest BCUT2D eigenvalue weighted by molar-refractivity contribution is 0.169. The molecule has 0 aliphatic carbocycles. The lowest BCUT2D eigenvalue weighted by Gasteiger charge is -2.13. The zero-order chi connectivity index (χ0) is 12.3. The zero-order valence-corrected chi connectivity index (χ0v) is 10.8. The van der Waals surface area contributed by atoms with Gasteiger partial charge < -0.3 is 10.8 Å². The lowest BCUT2D eigenvalue weighted by Crippen LogP contribution is -2.03. The Balaban J connectivity index is 2.01. The number of nitrogens with two attached hydrogens (primary N) is 1. The number of thiophene rings is 1. The van der Waals surface area contributed by atoms with Crippen LogP contribution in [0.15, 0.2) is 35.7 Å². The Morgan fingerprint density at radius 1 is 1.35 bits per heavy atom. The SMILES string of the molecule is Nc1cc(Cl)ccc1C(O)CCc1cccs1. The van der Waals surface area contributed by atoms with E-state index in [2.05, 4.69) is 6.07 Å². The fourth-order valence-electron chi connectivity index (χ4n) is 1.74. The van der Waals surface area contributed by atoms with Crippen LogP contribution in [0.5, 0.6) is 0 Å². The zero-order valence-electron chi connectivity index (χ0n) is 9.27. The largest absolute Gasteiger partial charge is 0.398 e. The van der Waals surface area contributed by atoms with E-state index in [9.17, 15) is 5.11 Å². The average molecular weight is 268 g/mol. The van der Waals surface area contributed by atoms with Gasteiger partial charge in [0.25, 0.3) is 0 Å². The monoisotopic (exact) mass is 267 g/mol. The Labute approximate surface area is 110 Å². The number of benzene rings is 1. The molecule has 1 atom stereocenters. The molecule has 0 saturated carbocycles. The Morgan fingerprint density at radius 2 is 2.18 bits per heavy atom. The van der Waals surface area contributed by atoms with E-state index in [-0.39, 0.29) is 0 Å². The predicted octanol–water partition coefficient (Wildman–Crippen LogP) is 3.65. The van der Waals surface area contributed by atoms with Crippen LogP contribution in [0.3, 0.4) is 0 Å².